The molecule has 11 heteroatoms. The van der Waals surface area contributed by atoms with Crippen LogP contribution in [0.4, 0.5) is 10.1 Å². The van der Waals surface area contributed by atoms with Crippen LogP contribution in [0, 0.1) is 11.7 Å². The van der Waals surface area contributed by atoms with E-state index in [9.17, 15) is 18.8 Å². The van der Waals surface area contributed by atoms with Crippen LogP contribution in [-0.2, 0) is 15.1 Å². The molecule has 0 aromatic heterocycles. The van der Waals surface area contributed by atoms with Crippen molar-refractivity contribution in [3.63, 3.8) is 0 Å². The number of hydrogen-bond acceptors (Lipinski definition) is 6. The van der Waals surface area contributed by atoms with E-state index in [0.717, 1.165) is 44.1 Å². The Balaban J connectivity index is 1.40. The fourth-order valence-corrected chi connectivity index (χ4v) is 5.07. The summed E-state index contributed by atoms with van der Waals surface area (Å²) >= 11 is 5.98. The summed E-state index contributed by atoms with van der Waals surface area (Å²) in [5, 5.41) is 8.52. The first-order valence-corrected chi connectivity index (χ1v) is 13.1. The van der Waals surface area contributed by atoms with Gasteiger partial charge in [0.1, 0.15) is 11.5 Å². The van der Waals surface area contributed by atoms with E-state index in [1.807, 2.05) is 0 Å². The standard InChI is InChI=1S/C27H32ClFN6O3/c1-17-9-13-35(14-10-17)12-2-11-31-25(37)23-27(26(30)38,33-16-32-23)18-3-6-20(7-4-18)34-24(36)21-8-5-19(29)15-22(21)28/h3-8,15,17,33H,2,9-14,16H2,1H3,(H2,30,38)(H,31,37)(H,34,36). The molecule has 1 fully saturated rings. The molecule has 2 aliphatic heterocycles. The molecular formula is C27H32ClFN6O3. The van der Waals surface area contributed by atoms with E-state index >= 15 is 0 Å². The van der Waals surface area contributed by atoms with Crippen molar-refractivity contribution in [3.05, 3.63) is 64.4 Å². The molecular weight excluding hydrogens is 511 g/mol. The number of piperidine rings is 1. The number of rotatable bonds is 9. The van der Waals surface area contributed by atoms with E-state index in [4.69, 9.17) is 17.3 Å². The highest BCUT2D eigenvalue weighted by molar-refractivity contribution is 6.47. The van der Waals surface area contributed by atoms with Crippen molar-refractivity contribution < 1.29 is 18.8 Å². The maximum atomic E-state index is 13.3. The normalized spacial score (nSPS) is 20.1. The Morgan fingerprint density at radius 2 is 1.87 bits per heavy atom. The van der Waals surface area contributed by atoms with Gasteiger partial charge in [-0.1, -0.05) is 30.7 Å². The molecule has 3 amide bonds. The summed E-state index contributed by atoms with van der Waals surface area (Å²) in [6.07, 6.45) is 3.17. The highest BCUT2D eigenvalue weighted by Crippen LogP contribution is 2.28. The van der Waals surface area contributed by atoms with Crippen molar-refractivity contribution in [1.29, 1.82) is 0 Å². The summed E-state index contributed by atoms with van der Waals surface area (Å²) in [5.41, 5.74) is 5.14. The van der Waals surface area contributed by atoms with Crippen LogP contribution in [0.15, 0.2) is 47.5 Å². The Hall–Kier alpha value is -3.34. The number of anilines is 1. The largest absolute Gasteiger partial charge is 0.367 e. The minimum Gasteiger partial charge on any atom is -0.367 e. The van der Waals surface area contributed by atoms with E-state index < -0.39 is 29.1 Å². The van der Waals surface area contributed by atoms with Gasteiger partial charge in [-0.15, -0.1) is 0 Å². The average molecular weight is 543 g/mol. The molecule has 2 aromatic rings. The van der Waals surface area contributed by atoms with Crippen molar-refractivity contribution in [2.24, 2.45) is 16.6 Å². The van der Waals surface area contributed by atoms with Gasteiger partial charge in [0.25, 0.3) is 11.8 Å². The van der Waals surface area contributed by atoms with Crippen LogP contribution in [0.3, 0.4) is 0 Å². The van der Waals surface area contributed by atoms with Gasteiger partial charge in [-0.05, 0) is 80.7 Å². The average Bonchev–Trinajstić information content (AvgIpc) is 3.34. The lowest BCUT2D eigenvalue weighted by atomic mass is 9.84. The van der Waals surface area contributed by atoms with Crippen molar-refractivity contribution in [3.8, 4) is 0 Å². The topological polar surface area (TPSA) is 129 Å². The summed E-state index contributed by atoms with van der Waals surface area (Å²) in [5.74, 6) is -1.52. The van der Waals surface area contributed by atoms with Gasteiger partial charge in [-0.3, -0.25) is 24.7 Å². The molecule has 0 radical (unpaired) electrons. The molecule has 0 spiro atoms. The third-order valence-corrected chi connectivity index (χ3v) is 7.40. The van der Waals surface area contributed by atoms with Crippen LogP contribution in [0.25, 0.3) is 0 Å². The second kappa shape index (κ2) is 12.0. The van der Waals surface area contributed by atoms with Gasteiger partial charge in [0.2, 0.25) is 5.91 Å². The Morgan fingerprint density at radius 3 is 2.53 bits per heavy atom. The number of hydrogen-bond donors (Lipinski definition) is 4. The maximum absolute atomic E-state index is 13.3. The SMILES string of the molecule is CC1CCN(CCCNC(=O)C2=NCNC2(C(N)=O)c2ccc(NC(=O)c3ccc(F)cc3Cl)cc2)CC1. The second-order valence-electron chi connectivity index (χ2n) is 9.75. The number of primary amides is 1. The molecule has 1 atom stereocenters. The first-order valence-electron chi connectivity index (χ1n) is 12.7. The number of carbonyl (C=O) groups excluding carboxylic acids is 3. The van der Waals surface area contributed by atoms with Gasteiger partial charge in [0.05, 0.1) is 17.3 Å². The number of nitrogens with zero attached hydrogens (tertiary/aromatic N) is 2. The third kappa shape index (κ3) is 6.03. The molecule has 5 N–H and O–H groups in total. The quantitative estimate of drug-likeness (QED) is 0.362. The van der Waals surface area contributed by atoms with Crippen molar-refractivity contribution >= 4 is 40.7 Å². The monoisotopic (exact) mass is 542 g/mol. The Bertz CT molecular complexity index is 1230. The Kier molecular flexibility index (Phi) is 8.76. The summed E-state index contributed by atoms with van der Waals surface area (Å²) in [6.45, 7) is 5.82. The zero-order valence-corrected chi connectivity index (χ0v) is 22.0. The van der Waals surface area contributed by atoms with Crippen LogP contribution in [0.1, 0.15) is 42.1 Å². The van der Waals surface area contributed by atoms with Gasteiger partial charge in [0.15, 0.2) is 5.54 Å². The number of amides is 3. The number of nitrogens with one attached hydrogen (secondary N) is 3. The van der Waals surface area contributed by atoms with E-state index in [1.165, 1.54) is 18.9 Å². The van der Waals surface area contributed by atoms with Gasteiger partial charge in [0, 0.05) is 12.2 Å². The summed E-state index contributed by atoms with van der Waals surface area (Å²) in [4.78, 5) is 45.0. The van der Waals surface area contributed by atoms with Crippen LogP contribution < -0.4 is 21.7 Å². The number of benzene rings is 2. The molecule has 1 unspecified atom stereocenters. The van der Waals surface area contributed by atoms with Gasteiger partial charge in [-0.25, -0.2) is 4.39 Å². The van der Waals surface area contributed by atoms with E-state index in [1.54, 1.807) is 24.3 Å². The summed E-state index contributed by atoms with van der Waals surface area (Å²) in [6, 6.07) is 9.82. The molecule has 1 saturated heterocycles. The number of aliphatic imine (C=N–C) groups is 1. The van der Waals surface area contributed by atoms with Crippen LogP contribution in [0.2, 0.25) is 5.02 Å². The minimum atomic E-state index is -1.60. The van der Waals surface area contributed by atoms with E-state index in [-0.39, 0.29) is 23.0 Å². The van der Waals surface area contributed by atoms with Gasteiger partial charge in [-0.2, -0.15) is 0 Å². The molecule has 0 aliphatic carbocycles. The predicted molar refractivity (Wildman–Crippen MR) is 145 cm³/mol. The maximum Gasteiger partial charge on any atom is 0.268 e. The first kappa shape index (κ1) is 27.7. The fourth-order valence-electron chi connectivity index (χ4n) is 4.82. The lowest BCUT2D eigenvalue weighted by Gasteiger charge is -2.30. The molecule has 0 bridgehead atoms. The molecule has 38 heavy (non-hydrogen) atoms. The predicted octanol–water partition coefficient (Wildman–Crippen LogP) is 2.65. The molecule has 2 heterocycles. The van der Waals surface area contributed by atoms with Crippen molar-refractivity contribution in [1.82, 2.24) is 15.5 Å². The number of nitrogens with two attached hydrogens (primary N) is 1. The number of carbonyl (C=O) groups is 3. The fraction of sp³-hybridized carbons (Fsp3) is 0.407. The summed E-state index contributed by atoms with van der Waals surface area (Å²) in [7, 11) is 0. The molecule has 0 saturated carbocycles. The van der Waals surface area contributed by atoms with E-state index in [0.29, 0.717) is 17.8 Å². The van der Waals surface area contributed by atoms with Crippen LogP contribution in [-0.4, -0.2) is 61.2 Å². The second-order valence-corrected chi connectivity index (χ2v) is 10.2. The summed E-state index contributed by atoms with van der Waals surface area (Å²) < 4.78 is 13.3. The lowest BCUT2D eigenvalue weighted by Crippen LogP contribution is -2.58. The lowest BCUT2D eigenvalue weighted by molar-refractivity contribution is -0.123. The number of likely N-dealkylation sites (tertiary alicyclic amines) is 1. The highest BCUT2D eigenvalue weighted by atomic mass is 35.5. The molecule has 202 valence electrons. The zero-order valence-electron chi connectivity index (χ0n) is 21.2. The van der Waals surface area contributed by atoms with Crippen molar-refractivity contribution in [2.75, 3.05) is 38.2 Å². The first-order chi connectivity index (χ1) is 18.2. The minimum absolute atomic E-state index is 0.00618. The van der Waals surface area contributed by atoms with Gasteiger partial charge >= 0.3 is 0 Å². The molecule has 9 nitrogen and oxygen atoms in total. The Labute approximate surface area is 226 Å². The number of halogens is 2. The highest BCUT2D eigenvalue weighted by Gasteiger charge is 2.49. The zero-order chi connectivity index (χ0) is 27.3. The third-order valence-electron chi connectivity index (χ3n) is 7.09. The van der Waals surface area contributed by atoms with Crippen LogP contribution in [0.5, 0.6) is 0 Å². The van der Waals surface area contributed by atoms with Crippen molar-refractivity contribution in [2.45, 2.75) is 31.7 Å². The van der Waals surface area contributed by atoms with E-state index in [2.05, 4.69) is 32.8 Å². The Morgan fingerprint density at radius 1 is 1.16 bits per heavy atom. The molecule has 2 aromatic carbocycles. The molecule has 2 aliphatic rings. The molecule has 4 rings (SSSR count). The van der Waals surface area contributed by atoms with Crippen LogP contribution >= 0.6 is 11.6 Å². The van der Waals surface area contributed by atoms with Gasteiger partial charge < -0.3 is 21.3 Å². The smallest absolute Gasteiger partial charge is 0.268 e.